The molecule has 134 valence electrons. The summed E-state index contributed by atoms with van der Waals surface area (Å²) in [6, 6.07) is 16.8. The number of nitrogens with zero attached hydrogens (tertiary/aromatic N) is 2. The van der Waals surface area contributed by atoms with Crippen molar-refractivity contribution >= 4 is 17.6 Å². The highest BCUT2D eigenvalue weighted by Crippen LogP contribution is 2.27. The van der Waals surface area contributed by atoms with Crippen molar-refractivity contribution in [2.24, 2.45) is 0 Å². The number of para-hydroxylation sites is 1. The summed E-state index contributed by atoms with van der Waals surface area (Å²) in [5.41, 5.74) is 0.816. The van der Waals surface area contributed by atoms with Crippen molar-refractivity contribution in [3.63, 3.8) is 0 Å². The fourth-order valence-electron chi connectivity index (χ4n) is 3.16. The average Bonchev–Trinajstić information content (AvgIpc) is 2.95. The Morgan fingerprint density at radius 3 is 2.35 bits per heavy atom. The predicted molar refractivity (Wildman–Crippen MR) is 98.4 cm³/mol. The molecular formula is C20H21N3O3. The second kappa shape index (κ2) is 7.07. The molecule has 1 atom stereocenters. The van der Waals surface area contributed by atoms with Gasteiger partial charge in [0.15, 0.2) is 0 Å². The van der Waals surface area contributed by atoms with E-state index in [-0.39, 0.29) is 18.0 Å². The topological polar surface area (TPSA) is 61.9 Å². The van der Waals surface area contributed by atoms with Crippen molar-refractivity contribution in [1.82, 2.24) is 10.2 Å². The largest absolute Gasteiger partial charge is 0.457 e. The molecule has 2 aliphatic heterocycles. The molecule has 2 aromatic carbocycles. The Kier molecular flexibility index (Phi) is 4.48. The molecular weight excluding hydrogens is 330 g/mol. The molecule has 0 saturated carbocycles. The Labute approximate surface area is 152 Å². The Bertz CT molecular complexity index is 788. The van der Waals surface area contributed by atoms with Crippen LogP contribution >= 0.6 is 0 Å². The van der Waals surface area contributed by atoms with Gasteiger partial charge in [0, 0.05) is 31.7 Å². The van der Waals surface area contributed by atoms with Crippen molar-refractivity contribution in [3.8, 4) is 11.5 Å². The highest BCUT2D eigenvalue weighted by molar-refractivity contribution is 5.96. The maximum Gasteiger partial charge on any atom is 0.317 e. The molecule has 0 bridgehead atoms. The zero-order valence-corrected chi connectivity index (χ0v) is 14.4. The second-order valence-corrected chi connectivity index (χ2v) is 6.60. The van der Waals surface area contributed by atoms with Gasteiger partial charge in [-0.05, 0) is 42.8 Å². The van der Waals surface area contributed by atoms with E-state index in [1.165, 1.54) is 0 Å². The van der Waals surface area contributed by atoms with Crippen LogP contribution in [0.1, 0.15) is 12.8 Å². The highest BCUT2D eigenvalue weighted by atomic mass is 16.5. The smallest absolute Gasteiger partial charge is 0.317 e. The van der Waals surface area contributed by atoms with Crippen molar-refractivity contribution < 1.29 is 14.3 Å². The summed E-state index contributed by atoms with van der Waals surface area (Å²) in [6.45, 7) is 2.11. The number of amides is 3. The lowest BCUT2D eigenvalue weighted by Gasteiger charge is -2.31. The van der Waals surface area contributed by atoms with Gasteiger partial charge in [0.2, 0.25) is 5.91 Å². The van der Waals surface area contributed by atoms with Crippen LogP contribution in [-0.2, 0) is 4.79 Å². The summed E-state index contributed by atoms with van der Waals surface area (Å²) >= 11 is 0. The first kappa shape index (κ1) is 16.4. The molecule has 3 amide bonds. The molecule has 4 rings (SSSR count). The van der Waals surface area contributed by atoms with Crippen LogP contribution in [0.3, 0.4) is 0 Å². The maximum absolute atomic E-state index is 12.3. The van der Waals surface area contributed by atoms with Crippen LogP contribution in [-0.4, -0.2) is 42.5 Å². The Balaban J connectivity index is 1.37. The van der Waals surface area contributed by atoms with Crippen LogP contribution in [0.25, 0.3) is 0 Å². The first-order chi connectivity index (χ1) is 12.7. The maximum atomic E-state index is 12.3. The normalized spacial score (nSPS) is 19.2. The molecule has 2 aliphatic rings. The molecule has 0 radical (unpaired) electrons. The van der Waals surface area contributed by atoms with Gasteiger partial charge in [-0.25, -0.2) is 4.79 Å². The van der Waals surface area contributed by atoms with Crippen LogP contribution in [0.4, 0.5) is 10.5 Å². The minimum atomic E-state index is -0.143. The molecule has 0 aromatic heterocycles. The first-order valence-electron chi connectivity index (χ1n) is 8.88. The van der Waals surface area contributed by atoms with E-state index >= 15 is 0 Å². The number of likely N-dealkylation sites (tertiary alicyclic amines) is 1. The zero-order valence-electron chi connectivity index (χ0n) is 14.4. The van der Waals surface area contributed by atoms with Gasteiger partial charge in [-0.1, -0.05) is 18.2 Å². The quantitative estimate of drug-likeness (QED) is 0.921. The van der Waals surface area contributed by atoms with Gasteiger partial charge < -0.3 is 19.9 Å². The van der Waals surface area contributed by atoms with Crippen LogP contribution in [0.15, 0.2) is 54.6 Å². The van der Waals surface area contributed by atoms with Gasteiger partial charge >= 0.3 is 6.03 Å². The van der Waals surface area contributed by atoms with Crippen LogP contribution in [0.5, 0.6) is 11.5 Å². The van der Waals surface area contributed by atoms with E-state index < -0.39 is 0 Å². The fourth-order valence-corrected chi connectivity index (χ4v) is 3.16. The summed E-state index contributed by atoms with van der Waals surface area (Å²) in [5.74, 6) is 1.51. The minimum absolute atomic E-state index is 0.0237. The number of rotatable bonds is 4. The Morgan fingerprint density at radius 2 is 1.69 bits per heavy atom. The fraction of sp³-hybridized carbons (Fsp3) is 0.300. The number of hydrogen-bond donors (Lipinski definition) is 1. The number of urea groups is 1. The number of carbonyl (C=O) groups excluding carboxylic acids is 2. The van der Waals surface area contributed by atoms with Crippen LogP contribution in [0.2, 0.25) is 0 Å². The third-order valence-corrected chi connectivity index (χ3v) is 4.72. The zero-order chi connectivity index (χ0) is 17.9. The lowest BCUT2D eigenvalue weighted by Crippen LogP contribution is -2.51. The van der Waals surface area contributed by atoms with Crippen molar-refractivity contribution in [3.05, 3.63) is 54.6 Å². The number of nitrogens with one attached hydrogen (secondary N) is 1. The summed E-state index contributed by atoms with van der Waals surface area (Å²) in [4.78, 5) is 27.8. The van der Waals surface area contributed by atoms with Gasteiger partial charge in [-0.15, -0.1) is 0 Å². The number of anilines is 1. The molecule has 26 heavy (non-hydrogen) atoms. The Morgan fingerprint density at radius 1 is 1.00 bits per heavy atom. The van der Waals surface area contributed by atoms with Crippen molar-refractivity contribution in [2.75, 3.05) is 24.5 Å². The van der Waals surface area contributed by atoms with E-state index in [9.17, 15) is 9.59 Å². The summed E-state index contributed by atoms with van der Waals surface area (Å²) in [7, 11) is 0. The molecule has 6 nitrogen and oxygen atoms in total. The van der Waals surface area contributed by atoms with E-state index in [4.69, 9.17) is 4.74 Å². The van der Waals surface area contributed by atoms with E-state index in [1.54, 1.807) is 9.80 Å². The summed E-state index contributed by atoms with van der Waals surface area (Å²) in [5, 5.41) is 2.95. The van der Waals surface area contributed by atoms with Crippen LogP contribution < -0.4 is 15.0 Å². The first-order valence-corrected chi connectivity index (χ1v) is 8.88. The van der Waals surface area contributed by atoms with Crippen molar-refractivity contribution in [2.45, 2.75) is 18.9 Å². The minimum Gasteiger partial charge on any atom is -0.457 e. The predicted octanol–water partition coefficient (Wildman–Crippen LogP) is 3.00. The van der Waals surface area contributed by atoms with E-state index in [2.05, 4.69) is 5.32 Å². The second-order valence-electron chi connectivity index (χ2n) is 6.60. The van der Waals surface area contributed by atoms with E-state index in [0.29, 0.717) is 18.7 Å². The summed E-state index contributed by atoms with van der Waals surface area (Å²) in [6.07, 6.45) is 1.39. The number of ether oxygens (including phenoxy) is 1. The van der Waals surface area contributed by atoms with Crippen LogP contribution in [0, 0.1) is 0 Å². The molecule has 2 heterocycles. The summed E-state index contributed by atoms with van der Waals surface area (Å²) < 4.78 is 5.78. The van der Waals surface area contributed by atoms with Crippen molar-refractivity contribution in [1.29, 1.82) is 0 Å². The molecule has 0 unspecified atom stereocenters. The van der Waals surface area contributed by atoms with Gasteiger partial charge in [-0.2, -0.15) is 0 Å². The third kappa shape index (κ3) is 3.49. The average molecular weight is 351 g/mol. The molecule has 2 aromatic rings. The van der Waals surface area contributed by atoms with E-state index in [0.717, 1.165) is 30.9 Å². The van der Waals surface area contributed by atoms with Gasteiger partial charge in [-0.3, -0.25) is 4.79 Å². The monoisotopic (exact) mass is 351 g/mol. The lowest BCUT2D eigenvalue weighted by atomic mass is 10.2. The molecule has 6 heteroatoms. The van der Waals surface area contributed by atoms with Gasteiger partial charge in [0.1, 0.15) is 11.5 Å². The van der Waals surface area contributed by atoms with Gasteiger partial charge in [0.25, 0.3) is 0 Å². The molecule has 0 aliphatic carbocycles. The number of carbonyl (C=O) groups is 2. The van der Waals surface area contributed by atoms with E-state index in [1.807, 2.05) is 54.6 Å². The molecule has 2 saturated heterocycles. The molecule has 2 fully saturated rings. The standard InChI is InChI=1S/C20H21N3O3/c24-19-13-15(21-20(25)22-11-4-12-22)14-23(19)16-7-9-18(10-8-16)26-17-5-2-1-3-6-17/h1-3,5-10,15H,4,11-14H2,(H,21,25)/t15-/m1/s1. The Hall–Kier alpha value is -3.02. The van der Waals surface area contributed by atoms with Gasteiger partial charge in [0.05, 0.1) is 6.04 Å². The highest BCUT2D eigenvalue weighted by Gasteiger charge is 2.33. The third-order valence-electron chi connectivity index (χ3n) is 4.72. The molecule has 1 N–H and O–H groups in total. The lowest BCUT2D eigenvalue weighted by molar-refractivity contribution is -0.117. The number of hydrogen-bond acceptors (Lipinski definition) is 3. The molecule has 0 spiro atoms. The SMILES string of the molecule is O=C(N[C@@H]1CC(=O)N(c2ccc(Oc3ccccc3)cc2)C1)N1CCC1. The number of benzene rings is 2.